The van der Waals surface area contributed by atoms with Crippen molar-refractivity contribution in [1.29, 1.82) is 0 Å². The van der Waals surface area contributed by atoms with Crippen LogP contribution in [0.3, 0.4) is 0 Å². The van der Waals surface area contributed by atoms with Gasteiger partial charge in [0.1, 0.15) is 0 Å². The second-order valence-electron chi connectivity index (χ2n) is 5.01. The van der Waals surface area contributed by atoms with E-state index in [9.17, 15) is 0 Å². The van der Waals surface area contributed by atoms with E-state index in [4.69, 9.17) is 4.52 Å². The zero-order chi connectivity index (χ0) is 13.1. The molecule has 1 fully saturated rings. The van der Waals surface area contributed by atoms with E-state index in [1.54, 1.807) is 12.4 Å². The summed E-state index contributed by atoms with van der Waals surface area (Å²) in [6.45, 7) is 5.47. The van der Waals surface area contributed by atoms with Gasteiger partial charge in [0.2, 0.25) is 11.7 Å². The van der Waals surface area contributed by atoms with E-state index in [0.717, 1.165) is 24.5 Å². The van der Waals surface area contributed by atoms with Crippen LogP contribution in [0, 0.1) is 0 Å². The largest absolute Gasteiger partial charge is 0.339 e. The van der Waals surface area contributed by atoms with Crippen LogP contribution in [0.5, 0.6) is 0 Å². The van der Waals surface area contributed by atoms with Gasteiger partial charge in [-0.2, -0.15) is 4.98 Å². The zero-order valence-corrected chi connectivity index (χ0v) is 11.1. The molecule has 3 rings (SSSR count). The fraction of sp³-hybridized carbons (Fsp3) is 0.500. The van der Waals surface area contributed by atoms with Crippen LogP contribution in [-0.2, 0) is 0 Å². The van der Waals surface area contributed by atoms with E-state index in [2.05, 4.69) is 26.9 Å². The lowest BCUT2D eigenvalue weighted by Crippen LogP contribution is -2.45. The topological polar surface area (TPSA) is 55.1 Å². The fourth-order valence-corrected chi connectivity index (χ4v) is 2.30. The van der Waals surface area contributed by atoms with E-state index >= 15 is 0 Å². The van der Waals surface area contributed by atoms with Crippen molar-refractivity contribution in [3.63, 3.8) is 0 Å². The lowest BCUT2D eigenvalue weighted by atomic mass is 10.00. The number of hydrogen-bond donors (Lipinski definition) is 0. The monoisotopic (exact) mass is 258 g/mol. The van der Waals surface area contributed by atoms with Gasteiger partial charge in [0.15, 0.2) is 0 Å². The van der Waals surface area contributed by atoms with Gasteiger partial charge in [-0.15, -0.1) is 0 Å². The molecule has 2 aromatic heterocycles. The van der Waals surface area contributed by atoms with Crippen molar-refractivity contribution in [1.82, 2.24) is 20.0 Å². The van der Waals surface area contributed by atoms with Gasteiger partial charge in [0, 0.05) is 31.0 Å². The molecule has 0 aliphatic carbocycles. The predicted molar refractivity (Wildman–Crippen MR) is 71.6 cm³/mol. The number of hydrogen-bond acceptors (Lipinski definition) is 5. The van der Waals surface area contributed by atoms with E-state index in [1.807, 2.05) is 12.1 Å². The molecular weight excluding hydrogens is 240 g/mol. The number of aromatic nitrogens is 3. The summed E-state index contributed by atoms with van der Waals surface area (Å²) < 4.78 is 5.36. The lowest BCUT2D eigenvalue weighted by Gasteiger charge is -2.36. The quantitative estimate of drug-likeness (QED) is 0.824. The highest BCUT2D eigenvalue weighted by atomic mass is 16.5. The Labute approximate surface area is 112 Å². The summed E-state index contributed by atoms with van der Waals surface area (Å²) >= 11 is 0. The van der Waals surface area contributed by atoms with Crippen LogP contribution in [-0.4, -0.2) is 39.7 Å². The van der Waals surface area contributed by atoms with E-state index in [-0.39, 0.29) is 0 Å². The van der Waals surface area contributed by atoms with Gasteiger partial charge in [-0.05, 0) is 25.1 Å². The fourth-order valence-electron chi connectivity index (χ4n) is 2.30. The molecule has 100 valence electrons. The summed E-state index contributed by atoms with van der Waals surface area (Å²) in [7, 11) is 0. The van der Waals surface area contributed by atoms with Gasteiger partial charge in [0.25, 0.3) is 0 Å². The Morgan fingerprint density at radius 3 is 3.05 bits per heavy atom. The van der Waals surface area contributed by atoms with Crippen molar-refractivity contribution in [3.05, 3.63) is 30.4 Å². The van der Waals surface area contributed by atoms with Gasteiger partial charge < -0.3 is 9.42 Å². The Bertz CT molecular complexity index is 519. The third-order valence-electron chi connectivity index (χ3n) is 3.50. The molecule has 0 N–H and O–H groups in total. The molecule has 19 heavy (non-hydrogen) atoms. The number of nitrogens with zero attached hydrogens (tertiary/aromatic N) is 4. The Morgan fingerprint density at radius 1 is 1.42 bits per heavy atom. The smallest absolute Gasteiger partial charge is 0.232 e. The SMILES string of the molecule is CCCCN1CC(c2nc(-c3cccnc3)no2)C1. The van der Waals surface area contributed by atoms with Crippen LogP contribution in [0.4, 0.5) is 0 Å². The van der Waals surface area contributed by atoms with Crippen LogP contribution in [0.25, 0.3) is 11.4 Å². The normalized spacial score (nSPS) is 16.5. The van der Waals surface area contributed by atoms with Crippen molar-refractivity contribution < 1.29 is 4.52 Å². The summed E-state index contributed by atoms with van der Waals surface area (Å²) in [6, 6.07) is 3.82. The van der Waals surface area contributed by atoms with Crippen LogP contribution in [0.15, 0.2) is 29.0 Å². The molecule has 1 aliphatic heterocycles. The summed E-state index contributed by atoms with van der Waals surface area (Å²) in [5, 5.41) is 4.03. The third kappa shape index (κ3) is 2.66. The third-order valence-corrected chi connectivity index (χ3v) is 3.50. The molecule has 1 saturated heterocycles. The minimum Gasteiger partial charge on any atom is -0.339 e. The van der Waals surface area contributed by atoms with Gasteiger partial charge in [-0.1, -0.05) is 18.5 Å². The molecule has 0 spiro atoms. The molecule has 5 heteroatoms. The Hall–Kier alpha value is -1.75. The molecule has 0 unspecified atom stereocenters. The van der Waals surface area contributed by atoms with Crippen LogP contribution in [0.2, 0.25) is 0 Å². The Morgan fingerprint density at radius 2 is 2.32 bits per heavy atom. The molecule has 5 nitrogen and oxygen atoms in total. The highest BCUT2D eigenvalue weighted by Crippen LogP contribution is 2.27. The van der Waals surface area contributed by atoms with Crippen molar-refractivity contribution in [2.24, 2.45) is 0 Å². The van der Waals surface area contributed by atoms with Gasteiger partial charge in [-0.25, -0.2) is 0 Å². The summed E-state index contributed by atoms with van der Waals surface area (Å²) in [4.78, 5) is 11.0. The highest BCUT2D eigenvalue weighted by Gasteiger charge is 2.31. The Kier molecular flexibility index (Phi) is 3.55. The lowest BCUT2D eigenvalue weighted by molar-refractivity contribution is 0.123. The molecule has 0 saturated carbocycles. The molecule has 0 radical (unpaired) electrons. The second kappa shape index (κ2) is 5.48. The first kappa shape index (κ1) is 12.3. The number of rotatable bonds is 5. The predicted octanol–water partition coefficient (Wildman–Crippen LogP) is 2.33. The van der Waals surface area contributed by atoms with Crippen LogP contribution in [0.1, 0.15) is 31.6 Å². The van der Waals surface area contributed by atoms with E-state index < -0.39 is 0 Å². The van der Waals surface area contributed by atoms with Crippen molar-refractivity contribution in [3.8, 4) is 11.4 Å². The Balaban J connectivity index is 1.61. The van der Waals surface area contributed by atoms with Crippen molar-refractivity contribution in [2.75, 3.05) is 19.6 Å². The van der Waals surface area contributed by atoms with Gasteiger partial charge >= 0.3 is 0 Å². The van der Waals surface area contributed by atoms with Crippen LogP contribution >= 0.6 is 0 Å². The molecule has 0 atom stereocenters. The summed E-state index contributed by atoms with van der Waals surface area (Å²) in [6.07, 6.45) is 6.00. The van der Waals surface area contributed by atoms with Gasteiger partial charge in [0.05, 0.1) is 5.92 Å². The first-order valence-electron chi connectivity index (χ1n) is 6.83. The van der Waals surface area contributed by atoms with E-state index in [1.165, 1.54) is 19.4 Å². The molecule has 1 aliphatic rings. The molecule has 0 bridgehead atoms. The van der Waals surface area contributed by atoms with Crippen LogP contribution < -0.4 is 0 Å². The zero-order valence-electron chi connectivity index (χ0n) is 11.1. The average molecular weight is 258 g/mol. The standard InChI is InChI=1S/C14H18N4O/c1-2-3-7-18-9-12(10-18)14-16-13(17-19-14)11-5-4-6-15-8-11/h4-6,8,12H,2-3,7,9-10H2,1H3. The van der Waals surface area contributed by atoms with E-state index in [0.29, 0.717) is 11.7 Å². The molecule has 3 heterocycles. The average Bonchev–Trinajstić information content (AvgIpc) is 2.87. The highest BCUT2D eigenvalue weighted by molar-refractivity contribution is 5.51. The van der Waals surface area contributed by atoms with Crippen molar-refractivity contribution in [2.45, 2.75) is 25.7 Å². The van der Waals surface area contributed by atoms with Crippen molar-refractivity contribution >= 4 is 0 Å². The summed E-state index contributed by atoms with van der Waals surface area (Å²) in [5.74, 6) is 1.79. The molecule has 2 aromatic rings. The number of likely N-dealkylation sites (tertiary alicyclic amines) is 1. The first-order valence-corrected chi connectivity index (χ1v) is 6.83. The maximum absolute atomic E-state index is 5.36. The minimum atomic E-state index is 0.398. The second-order valence-corrected chi connectivity index (χ2v) is 5.01. The minimum absolute atomic E-state index is 0.398. The molecule has 0 amide bonds. The molecular formula is C14H18N4O. The van der Waals surface area contributed by atoms with Gasteiger partial charge in [-0.3, -0.25) is 4.98 Å². The number of pyridine rings is 1. The number of unbranched alkanes of at least 4 members (excludes halogenated alkanes) is 1. The summed E-state index contributed by atoms with van der Waals surface area (Å²) in [5.41, 5.74) is 0.902. The first-order chi connectivity index (χ1) is 9.36. The molecule has 0 aromatic carbocycles. The maximum Gasteiger partial charge on any atom is 0.232 e. The maximum atomic E-state index is 5.36.